The fourth-order valence-electron chi connectivity index (χ4n) is 5.79. The maximum absolute atomic E-state index is 9.87. The third kappa shape index (κ3) is 2.80. The molecule has 0 radical (unpaired) electrons. The Morgan fingerprint density at radius 1 is 1.08 bits per heavy atom. The van der Waals surface area contributed by atoms with Gasteiger partial charge < -0.3 is 5.11 Å². The van der Waals surface area contributed by atoms with Gasteiger partial charge in [0.25, 0.3) is 0 Å². The predicted molar refractivity (Wildman–Crippen MR) is 102 cm³/mol. The van der Waals surface area contributed by atoms with E-state index in [-0.39, 0.29) is 5.75 Å². The number of benzene rings is 1. The van der Waals surface area contributed by atoms with Crippen molar-refractivity contribution in [2.45, 2.75) is 50.4 Å². The zero-order valence-electron chi connectivity index (χ0n) is 14.4. The Morgan fingerprint density at radius 3 is 2.56 bits per heavy atom. The fraction of sp³-hybridized carbons (Fsp3) is 0.524. The van der Waals surface area contributed by atoms with Crippen LogP contribution in [-0.4, -0.2) is 16.3 Å². The molecule has 4 aliphatic carbocycles. The van der Waals surface area contributed by atoms with Crippen molar-refractivity contribution in [3.63, 3.8) is 0 Å². The molecule has 2 aromatic rings. The number of aromatic nitrogens is 1. The lowest BCUT2D eigenvalue weighted by Crippen LogP contribution is -2.41. The van der Waals surface area contributed by atoms with Crippen molar-refractivity contribution in [3.8, 4) is 5.75 Å². The van der Waals surface area contributed by atoms with Crippen molar-refractivity contribution in [1.82, 2.24) is 4.98 Å². The van der Waals surface area contributed by atoms with Crippen LogP contribution < -0.4 is 0 Å². The topological polar surface area (TPSA) is 45.5 Å². The number of nitrogens with zero attached hydrogens (tertiary/aromatic N) is 2. The van der Waals surface area contributed by atoms with Crippen LogP contribution in [0.2, 0.25) is 0 Å². The van der Waals surface area contributed by atoms with Gasteiger partial charge in [-0.1, -0.05) is 25.0 Å². The highest BCUT2D eigenvalue weighted by atomic mass is 32.1. The Bertz CT molecular complexity index is 796. The van der Waals surface area contributed by atoms with Crippen LogP contribution >= 0.6 is 11.3 Å². The molecule has 2 unspecified atom stereocenters. The third-order valence-electron chi connectivity index (χ3n) is 6.64. The number of hydrogen-bond donors (Lipinski definition) is 1. The lowest BCUT2D eigenvalue weighted by atomic mass is 9.57. The predicted octanol–water partition coefficient (Wildman–Crippen LogP) is 5.46. The molecule has 1 aromatic carbocycles. The molecule has 0 amide bonds. The molecule has 0 spiro atoms. The summed E-state index contributed by atoms with van der Waals surface area (Å²) in [6.45, 7) is 0. The zero-order valence-corrected chi connectivity index (χ0v) is 15.2. The van der Waals surface area contributed by atoms with Gasteiger partial charge in [0.05, 0.1) is 5.69 Å². The molecule has 0 aliphatic heterocycles. The van der Waals surface area contributed by atoms with Crippen molar-refractivity contribution >= 4 is 22.7 Å². The summed E-state index contributed by atoms with van der Waals surface area (Å²) < 4.78 is 0. The second-order valence-electron chi connectivity index (χ2n) is 8.37. The highest BCUT2D eigenvalue weighted by Crippen LogP contribution is 2.58. The van der Waals surface area contributed by atoms with Gasteiger partial charge in [-0.2, -0.15) is 0 Å². The maximum Gasteiger partial charge on any atom is 0.209 e. The molecule has 1 N–H and O–H groups in total. The number of para-hydroxylation sites is 1. The van der Waals surface area contributed by atoms with Crippen LogP contribution in [0, 0.1) is 17.8 Å². The normalized spacial score (nSPS) is 33.8. The lowest BCUT2D eigenvalue weighted by molar-refractivity contribution is 0.0957. The summed E-state index contributed by atoms with van der Waals surface area (Å²) in [7, 11) is 0. The third-order valence-corrected chi connectivity index (χ3v) is 7.39. The minimum Gasteiger partial charge on any atom is -0.507 e. The molecule has 4 bridgehead atoms. The van der Waals surface area contributed by atoms with Crippen LogP contribution in [0.15, 0.2) is 34.6 Å². The minimum atomic E-state index is 0.264. The molecule has 4 aliphatic rings. The molecule has 130 valence electrons. The summed E-state index contributed by atoms with van der Waals surface area (Å²) in [5, 5.41) is 12.9. The van der Waals surface area contributed by atoms with E-state index in [2.05, 4.69) is 10.4 Å². The van der Waals surface area contributed by atoms with E-state index in [1.165, 1.54) is 50.6 Å². The van der Waals surface area contributed by atoms with E-state index in [9.17, 15) is 5.11 Å². The Balaban J connectivity index is 1.42. The smallest absolute Gasteiger partial charge is 0.209 e. The lowest BCUT2D eigenvalue weighted by Gasteiger charge is -2.47. The van der Waals surface area contributed by atoms with Crippen molar-refractivity contribution in [3.05, 3.63) is 40.9 Å². The van der Waals surface area contributed by atoms with Crippen LogP contribution in [0.3, 0.4) is 0 Å². The number of rotatable bonds is 3. The summed E-state index contributed by atoms with van der Waals surface area (Å²) in [4.78, 5) is 9.46. The Morgan fingerprint density at radius 2 is 1.80 bits per heavy atom. The number of thiazole rings is 1. The molecule has 2 atom stereocenters. The van der Waals surface area contributed by atoms with Crippen LogP contribution in [0.25, 0.3) is 0 Å². The number of aromatic hydroxyl groups is 1. The maximum atomic E-state index is 9.87. The van der Waals surface area contributed by atoms with Crippen molar-refractivity contribution in [2.24, 2.45) is 22.7 Å². The SMILES string of the molecule is Oc1ccccc1C=Nc1nc(C23CC4CCC(CC(C4)C2)C3)cs1. The molecular formula is C21H24N2OS. The summed E-state index contributed by atoms with van der Waals surface area (Å²) in [6, 6.07) is 7.29. The van der Waals surface area contributed by atoms with Gasteiger partial charge in [0, 0.05) is 22.6 Å². The molecule has 0 saturated heterocycles. The first-order valence-electron chi connectivity index (χ1n) is 9.48. The second-order valence-corrected chi connectivity index (χ2v) is 9.21. The summed E-state index contributed by atoms with van der Waals surface area (Å²) in [6.07, 6.45) is 11.5. The minimum absolute atomic E-state index is 0.264. The van der Waals surface area contributed by atoms with Crippen LogP contribution in [0.5, 0.6) is 5.75 Å². The molecule has 4 heteroatoms. The number of phenols is 1. The molecule has 3 nitrogen and oxygen atoms in total. The van der Waals surface area contributed by atoms with E-state index in [1.807, 2.05) is 18.2 Å². The summed E-state index contributed by atoms with van der Waals surface area (Å²) >= 11 is 1.64. The van der Waals surface area contributed by atoms with Gasteiger partial charge in [-0.15, -0.1) is 11.3 Å². The van der Waals surface area contributed by atoms with E-state index in [1.54, 1.807) is 23.6 Å². The van der Waals surface area contributed by atoms with Crippen LogP contribution in [-0.2, 0) is 5.41 Å². The van der Waals surface area contributed by atoms with E-state index < -0.39 is 0 Å². The van der Waals surface area contributed by atoms with Crippen molar-refractivity contribution < 1.29 is 5.11 Å². The molecule has 25 heavy (non-hydrogen) atoms. The molecule has 4 saturated carbocycles. The number of aliphatic imine (C=N–C) groups is 1. The van der Waals surface area contributed by atoms with Crippen LogP contribution in [0.4, 0.5) is 5.13 Å². The molecule has 6 rings (SSSR count). The zero-order chi connectivity index (χ0) is 16.9. The number of phenolic OH excluding ortho intramolecular Hbond substituents is 1. The first kappa shape index (κ1) is 15.6. The van der Waals surface area contributed by atoms with E-state index >= 15 is 0 Å². The van der Waals surface area contributed by atoms with Gasteiger partial charge in [0.15, 0.2) is 0 Å². The second kappa shape index (κ2) is 5.94. The van der Waals surface area contributed by atoms with Crippen molar-refractivity contribution in [1.29, 1.82) is 0 Å². The van der Waals surface area contributed by atoms with E-state index in [0.717, 1.165) is 28.4 Å². The highest BCUT2D eigenvalue weighted by Gasteiger charge is 2.50. The van der Waals surface area contributed by atoms with E-state index in [0.29, 0.717) is 5.41 Å². The van der Waals surface area contributed by atoms with Gasteiger partial charge in [-0.25, -0.2) is 9.98 Å². The molecular weight excluding hydrogens is 328 g/mol. The quantitative estimate of drug-likeness (QED) is 0.746. The first-order chi connectivity index (χ1) is 12.2. The Labute approximate surface area is 152 Å². The first-order valence-corrected chi connectivity index (χ1v) is 10.4. The summed E-state index contributed by atoms with van der Waals surface area (Å²) in [5.41, 5.74) is 2.36. The van der Waals surface area contributed by atoms with Gasteiger partial charge in [0.2, 0.25) is 5.13 Å². The molecule has 1 aromatic heterocycles. The summed E-state index contributed by atoms with van der Waals surface area (Å²) in [5.74, 6) is 3.03. The number of fused-ring (bicyclic) bond motifs is 1. The standard InChI is InChI=1S/C21H24N2OS/c24-18-4-2-1-3-17(18)12-22-20-23-19(13-25-20)21-9-14-5-6-15(10-21)8-16(7-14)11-21/h1-4,12-16,24H,5-11H2. The Kier molecular flexibility index (Phi) is 3.70. The molecule has 1 heterocycles. The Hall–Kier alpha value is -1.68. The molecule has 4 fully saturated rings. The van der Waals surface area contributed by atoms with Crippen molar-refractivity contribution in [2.75, 3.05) is 0 Å². The van der Waals surface area contributed by atoms with Gasteiger partial charge in [0.1, 0.15) is 5.75 Å². The fourth-order valence-corrected chi connectivity index (χ4v) is 6.58. The van der Waals surface area contributed by atoms with Gasteiger partial charge in [-0.05, 0) is 62.0 Å². The van der Waals surface area contributed by atoms with Gasteiger partial charge in [-0.3, -0.25) is 0 Å². The largest absolute Gasteiger partial charge is 0.507 e. The number of hydrogen-bond acceptors (Lipinski definition) is 4. The average molecular weight is 353 g/mol. The van der Waals surface area contributed by atoms with Gasteiger partial charge >= 0.3 is 0 Å². The average Bonchev–Trinajstić information content (AvgIpc) is 2.99. The van der Waals surface area contributed by atoms with E-state index in [4.69, 9.17) is 4.98 Å². The highest BCUT2D eigenvalue weighted by molar-refractivity contribution is 7.13. The van der Waals surface area contributed by atoms with Crippen LogP contribution in [0.1, 0.15) is 56.2 Å². The monoisotopic (exact) mass is 352 g/mol.